The Bertz CT molecular complexity index is 1710. The van der Waals surface area contributed by atoms with Gasteiger partial charge in [-0.25, -0.2) is 9.78 Å². The number of hydrogen-bond donors (Lipinski definition) is 1. The third kappa shape index (κ3) is 5.13. The summed E-state index contributed by atoms with van der Waals surface area (Å²) in [5.74, 6) is -0.570. The summed E-state index contributed by atoms with van der Waals surface area (Å²) in [6.45, 7) is 3.36. The quantitative estimate of drug-likeness (QED) is 0.224. The van der Waals surface area contributed by atoms with E-state index in [0.717, 1.165) is 16.0 Å². The predicted molar refractivity (Wildman–Crippen MR) is 153 cm³/mol. The summed E-state index contributed by atoms with van der Waals surface area (Å²) in [5.41, 5.74) is 2.36. The number of nitrogens with zero attached hydrogens (tertiary/aromatic N) is 2. The van der Waals surface area contributed by atoms with E-state index in [2.05, 4.69) is 10.3 Å². The maximum absolute atomic E-state index is 13.3. The Morgan fingerprint density at radius 1 is 1.08 bits per heavy atom. The van der Waals surface area contributed by atoms with Crippen LogP contribution in [0.3, 0.4) is 0 Å². The third-order valence-electron chi connectivity index (χ3n) is 5.88. The van der Waals surface area contributed by atoms with Crippen molar-refractivity contribution in [2.24, 2.45) is 0 Å². The number of aryl methyl sites for hydroxylation is 1. The Morgan fingerprint density at radius 3 is 2.53 bits per heavy atom. The van der Waals surface area contributed by atoms with Crippen LogP contribution >= 0.6 is 34.3 Å². The molecule has 0 unspecified atom stereocenters. The van der Waals surface area contributed by atoms with Gasteiger partial charge in [-0.15, -0.1) is 22.7 Å². The fourth-order valence-corrected chi connectivity index (χ4v) is 6.23. The molecule has 0 spiro atoms. The number of rotatable bonds is 7. The maximum Gasteiger partial charge on any atom is 0.341 e. The van der Waals surface area contributed by atoms with Crippen LogP contribution in [0.2, 0.25) is 5.02 Å². The standard InChI is InChI=1S/C28H22ClN3O4S2/c1-3-36-28(35)24-21(17-9-11-19(29)12-10-17)15-37-26(24)31-23(33)14-32-16(2)30-25-20(27(32)34)13-22(38-25)18-7-5-4-6-8-18/h4-13,15H,3,14H2,1-2H3,(H,31,33). The van der Waals surface area contributed by atoms with Gasteiger partial charge < -0.3 is 10.1 Å². The lowest BCUT2D eigenvalue weighted by Gasteiger charge is -2.11. The molecule has 0 radical (unpaired) electrons. The van der Waals surface area contributed by atoms with E-state index in [1.54, 1.807) is 43.5 Å². The summed E-state index contributed by atoms with van der Waals surface area (Å²) in [5, 5.41) is 5.96. The van der Waals surface area contributed by atoms with E-state index in [9.17, 15) is 14.4 Å². The zero-order chi connectivity index (χ0) is 26.8. The van der Waals surface area contributed by atoms with E-state index in [0.29, 0.717) is 31.6 Å². The van der Waals surface area contributed by atoms with Crippen molar-refractivity contribution in [2.75, 3.05) is 11.9 Å². The molecule has 0 saturated heterocycles. The molecular formula is C28H22ClN3O4S2. The maximum atomic E-state index is 13.3. The fourth-order valence-electron chi connectivity index (χ4n) is 4.06. The molecule has 0 atom stereocenters. The molecule has 0 aliphatic carbocycles. The average Bonchev–Trinajstić information content (AvgIpc) is 3.52. The Hall–Kier alpha value is -3.79. The predicted octanol–water partition coefficient (Wildman–Crippen LogP) is 6.63. The lowest BCUT2D eigenvalue weighted by atomic mass is 10.0. The first-order chi connectivity index (χ1) is 18.4. The number of halogens is 1. The van der Waals surface area contributed by atoms with Gasteiger partial charge in [0.25, 0.3) is 5.56 Å². The highest BCUT2D eigenvalue weighted by Crippen LogP contribution is 2.37. The van der Waals surface area contributed by atoms with E-state index in [-0.39, 0.29) is 24.3 Å². The van der Waals surface area contributed by atoms with Crippen molar-refractivity contribution in [1.82, 2.24) is 9.55 Å². The second-order valence-electron chi connectivity index (χ2n) is 8.37. The van der Waals surface area contributed by atoms with Crippen LogP contribution in [0.4, 0.5) is 5.00 Å². The van der Waals surface area contributed by atoms with Crippen molar-refractivity contribution in [2.45, 2.75) is 20.4 Å². The molecule has 3 heterocycles. The van der Waals surface area contributed by atoms with Gasteiger partial charge in [-0.3, -0.25) is 14.2 Å². The number of thiophene rings is 2. The minimum absolute atomic E-state index is 0.188. The molecule has 0 aliphatic rings. The Labute approximate surface area is 231 Å². The number of carbonyl (C=O) groups excluding carboxylic acids is 2. The SMILES string of the molecule is CCOC(=O)c1c(-c2ccc(Cl)cc2)csc1NC(=O)Cn1c(C)nc2sc(-c3ccccc3)cc2c1=O. The Balaban J connectivity index is 1.45. The molecule has 5 rings (SSSR count). The summed E-state index contributed by atoms with van der Waals surface area (Å²) in [6, 6.07) is 18.6. The van der Waals surface area contributed by atoms with Gasteiger partial charge in [0.15, 0.2) is 0 Å². The van der Waals surface area contributed by atoms with Crippen LogP contribution in [0.15, 0.2) is 70.8 Å². The number of anilines is 1. The number of nitrogens with one attached hydrogen (secondary N) is 1. The molecule has 38 heavy (non-hydrogen) atoms. The van der Waals surface area contributed by atoms with Gasteiger partial charge in [0.05, 0.1) is 12.0 Å². The minimum Gasteiger partial charge on any atom is -0.462 e. The minimum atomic E-state index is -0.544. The van der Waals surface area contributed by atoms with Gasteiger partial charge in [0.1, 0.15) is 27.8 Å². The summed E-state index contributed by atoms with van der Waals surface area (Å²) >= 11 is 8.67. The fraction of sp³-hybridized carbons (Fsp3) is 0.143. The number of carbonyl (C=O) groups is 2. The molecule has 192 valence electrons. The smallest absolute Gasteiger partial charge is 0.341 e. The van der Waals surface area contributed by atoms with Crippen molar-refractivity contribution >= 4 is 61.4 Å². The van der Waals surface area contributed by atoms with Crippen molar-refractivity contribution in [3.05, 3.63) is 92.8 Å². The van der Waals surface area contributed by atoms with E-state index in [1.807, 2.05) is 36.4 Å². The first-order valence-electron chi connectivity index (χ1n) is 11.8. The summed E-state index contributed by atoms with van der Waals surface area (Å²) < 4.78 is 6.61. The van der Waals surface area contributed by atoms with Gasteiger partial charge in [-0.1, -0.05) is 54.1 Å². The molecule has 10 heteroatoms. The highest BCUT2D eigenvalue weighted by molar-refractivity contribution is 7.21. The monoisotopic (exact) mass is 563 g/mol. The molecule has 7 nitrogen and oxygen atoms in total. The summed E-state index contributed by atoms with van der Waals surface area (Å²) in [4.78, 5) is 45.4. The van der Waals surface area contributed by atoms with Gasteiger partial charge >= 0.3 is 5.97 Å². The number of esters is 1. The van der Waals surface area contributed by atoms with Crippen LogP contribution in [-0.4, -0.2) is 28.0 Å². The molecule has 1 N–H and O–H groups in total. The van der Waals surface area contributed by atoms with Crippen molar-refractivity contribution in [3.63, 3.8) is 0 Å². The number of hydrogen-bond acceptors (Lipinski definition) is 7. The van der Waals surface area contributed by atoms with E-state index >= 15 is 0 Å². The molecule has 3 aromatic heterocycles. The number of aromatic nitrogens is 2. The van der Waals surface area contributed by atoms with Crippen molar-refractivity contribution in [1.29, 1.82) is 0 Å². The Kier molecular flexibility index (Phi) is 7.42. The van der Waals surface area contributed by atoms with E-state index in [1.165, 1.54) is 27.2 Å². The van der Waals surface area contributed by atoms with Gasteiger partial charge in [-0.05, 0) is 43.2 Å². The largest absolute Gasteiger partial charge is 0.462 e. The molecule has 2 aromatic carbocycles. The Morgan fingerprint density at radius 2 is 1.82 bits per heavy atom. The van der Waals surface area contributed by atoms with Gasteiger partial charge in [0.2, 0.25) is 5.91 Å². The number of benzene rings is 2. The second kappa shape index (κ2) is 10.9. The molecule has 5 aromatic rings. The first-order valence-corrected chi connectivity index (χ1v) is 13.8. The third-order valence-corrected chi connectivity index (χ3v) is 8.11. The number of amides is 1. The van der Waals surface area contributed by atoms with Crippen LogP contribution in [0.25, 0.3) is 31.8 Å². The zero-order valence-electron chi connectivity index (χ0n) is 20.5. The van der Waals surface area contributed by atoms with Gasteiger partial charge in [-0.2, -0.15) is 0 Å². The van der Waals surface area contributed by atoms with Gasteiger partial charge in [0, 0.05) is 20.8 Å². The molecule has 1 amide bonds. The number of ether oxygens (including phenoxy) is 1. The van der Waals surface area contributed by atoms with Crippen molar-refractivity contribution in [3.8, 4) is 21.6 Å². The van der Waals surface area contributed by atoms with Crippen LogP contribution in [-0.2, 0) is 16.1 Å². The van der Waals surface area contributed by atoms with Crippen LogP contribution in [0, 0.1) is 6.92 Å². The summed E-state index contributed by atoms with van der Waals surface area (Å²) in [7, 11) is 0. The first kappa shape index (κ1) is 25.8. The molecule has 0 saturated carbocycles. The van der Waals surface area contributed by atoms with E-state index < -0.39 is 11.9 Å². The highest BCUT2D eigenvalue weighted by atomic mass is 35.5. The van der Waals surface area contributed by atoms with Crippen LogP contribution in [0.1, 0.15) is 23.1 Å². The lowest BCUT2D eigenvalue weighted by Crippen LogP contribution is -2.30. The molecule has 0 fully saturated rings. The molecule has 0 aliphatic heterocycles. The summed E-state index contributed by atoms with van der Waals surface area (Å²) in [6.07, 6.45) is 0. The van der Waals surface area contributed by atoms with Crippen LogP contribution in [0.5, 0.6) is 0 Å². The normalized spacial score (nSPS) is 11.0. The number of fused-ring (bicyclic) bond motifs is 1. The molecular weight excluding hydrogens is 542 g/mol. The van der Waals surface area contributed by atoms with Crippen molar-refractivity contribution < 1.29 is 14.3 Å². The zero-order valence-corrected chi connectivity index (χ0v) is 22.9. The average molecular weight is 564 g/mol. The van der Waals surface area contributed by atoms with E-state index in [4.69, 9.17) is 16.3 Å². The highest BCUT2D eigenvalue weighted by Gasteiger charge is 2.23. The lowest BCUT2D eigenvalue weighted by molar-refractivity contribution is -0.116. The second-order valence-corrected chi connectivity index (χ2v) is 10.7. The molecule has 0 bridgehead atoms. The topological polar surface area (TPSA) is 90.3 Å². The van der Waals surface area contributed by atoms with Crippen LogP contribution < -0.4 is 10.9 Å².